The minimum Gasteiger partial charge on any atom is -0.369 e. The van der Waals surface area contributed by atoms with E-state index in [9.17, 15) is 9.59 Å². The molecule has 1 aromatic rings. The van der Waals surface area contributed by atoms with E-state index in [2.05, 4.69) is 27.2 Å². The highest BCUT2D eigenvalue weighted by Gasteiger charge is 2.03. The molecule has 0 unspecified atom stereocenters. The van der Waals surface area contributed by atoms with E-state index in [-0.39, 0.29) is 30.5 Å². The predicted molar refractivity (Wildman–Crippen MR) is 87.1 cm³/mol. The number of carbonyl (C=O) groups excluding carboxylic acids is 1. The Hall–Kier alpha value is -2.67. The van der Waals surface area contributed by atoms with E-state index in [0.717, 1.165) is 12.0 Å². The van der Waals surface area contributed by atoms with Crippen LogP contribution in [0.4, 0.5) is 0 Å². The van der Waals surface area contributed by atoms with Gasteiger partial charge in [-0.25, -0.2) is 4.99 Å². The Labute approximate surface area is 129 Å². The summed E-state index contributed by atoms with van der Waals surface area (Å²) in [6.07, 6.45) is 5.57. The third kappa shape index (κ3) is 6.19. The molecule has 0 radical (unpaired) electrons. The number of aromatic nitrogens is 1. The molecule has 0 bridgehead atoms. The van der Waals surface area contributed by atoms with Gasteiger partial charge in [0.05, 0.1) is 6.54 Å². The van der Waals surface area contributed by atoms with Crippen LogP contribution in [0.15, 0.2) is 52.5 Å². The molecule has 7 nitrogen and oxygen atoms in total. The smallest absolute Gasteiger partial charge is 0.252 e. The number of amides is 1. The Morgan fingerprint density at radius 1 is 1.55 bits per heavy atom. The lowest BCUT2D eigenvalue weighted by atomic mass is 10.2. The van der Waals surface area contributed by atoms with E-state index in [0.29, 0.717) is 5.56 Å². The van der Waals surface area contributed by atoms with Gasteiger partial charge < -0.3 is 16.0 Å². The Morgan fingerprint density at radius 3 is 2.95 bits per heavy atom. The maximum absolute atomic E-state index is 11.7. The van der Waals surface area contributed by atoms with E-state index in [1.165, 1.54) is 0 Å². The molecule has 0 saturated carbocycles. The van der Waals surface area contributed by atoms with Gasteiger partial charge in [0.15, 0.2) is 5.96 Å². The number of hydrogen-bond acceptors (Lipinski definition) is 4. The highest BCUT2D eigenvalue weighted by atomic mass is 16.2. The number of rotatable bonds is 7. The number of aromatic amines is 1. The van der Waals surface area contributed by atoms with E-state index in [1.807, 2.05) is 6.92 Å². The quantitative estimate of drug-likeness (QED) is 0.331. The van der Waals surface area contributed by atoms with E-state index < -0.39 is 0 Å². The van der Waals surface area contributed by atoms with E-state index >= 15 is 0 Å². The van der Waals surface area contributed by atoms with E-state index in [1.54, 1.807) is 30.6 Å². The van der Waals surface area contributed by atoms with Crippen LogP contribution in [0.1, 0.15) is 18.9 Å². The molecule has 7 heteroatoms. The molecule has 22 heavy (non-hydrogen) atoms. The second kappa shape index (κ2) is 9.30. The minimum atomic E-state index is -0.335. The molecule has 1 aromatic heterocycles. The van der Waals surface area contributed by atoms with Crippen LogP contribution >= 0.6 is 0 Å². The third-order valence-corrected chi connectivity index (χ3v) is 2.81. The van der Waals surface area contributed by atoms with Gasteiger partial charge >= 0.3 is 0 Å². The largest absolute Gasteiger partial charge is 0.369 e. The monoisotopic (exact) mass is 303 g/mol. The Bertz CT molecular complexity index is 631. The first-order valence-corrected chi connectivity index (χ1v) is 6.88. The number of nitrogens with zero attached hydrogens (tertiary/aromatic N) is 1. The maximum Gasteiger partial charge on any atom is 0.252 e. The fourth-order valence-electron chi connectivity index (χ4n) is 1.57. The standard InChI is InChI=1S/C15H21N5O2/c1-3-11(4-2)8-19-15(16)20-13(21)10-17-9-12-6-5-7-18-14(12)22/h3,5-8,17H,1,4,9-10H2,2H3,(H,18,22)(H3,16,19,20,21)/b11-8-. The summed E-state index contributed by atoms with van der Waals surface area (Å²) in [4.78, 5) is 29.6. The lowest BCUT2D eigenvalue weighted by Gasteiger charge is -2.05. The molecule has 0 aliphatic heterocycles. The van der Waals surface area contributed by atoms with Crippen molar-refractivity contribution >= 4 is 11.9 Å². The van der Waals surface area contributed by atoms with Gasteiger partial charge in [0.25, 0.3) is 5.56 Å². The number of nitrogens with two attached hydrogens (primary N) is 1. The first-order chi connectivity index (χ1) is 10.6. The summed E-state index contributed by atoms with van der Waals surface area (Å²) in [5.74, 6) is -0.323. The molecule has 0 atom stereocenters. The van der Waals surface area contributed by atoms with Gasteiger partial charge in [0.2, 0.25) is 5.91 Å². The second-order valence-electron chi connectivity index (χ2n) is 4.45. The zero-order valence-electron chi connectivity index (χ0n) is 12.6. The van der Waals surface area contributed by atoms with Crippen LogP contribution in [-0.4, -0.2) is 23.4 Å². The van der Waals surface area contributed by atoms with Crippen molar-refractivity contribution in [2.45, 2.75) is 19.9 Å². The molecule has 0 spiro atoms. The van der Waals surface area contributed by atoms with Crippen molar-refractivity contribution in [2.75, 3.05) is 6.54 Å². The molecule has 1 heterocycles. The summed E-state index contributed by atoms with van der Waals surface area (Å²) in [6.45, 7) is 5.92. The molecule has 1 amide bonds. The van der Waals surface area contributed by atoms with Crippen LogP contribution in [0.2, 0.25) is 0 Å². The van der Waals surface area contributed by atoms with Crippen molar-refractivity contribution in [3.8, 4) is 0 Å². The topological polar surface area (TPSA) is 112 Å². The lowest BCUT2D eigenvalue weighted by Crippen LogP contribution is -2.41. The van der Waals surface area contributed by atoms with E-state index in [4.69, 9.17) is 5.73 Å². The molecule has 1 rings (SSSR count). The van der Waals surface area contributed by atoms with Crippen molar-refractivity contribution in [3.63, 3.8) is 0 Å². The fourth-order valence-corrected chi connectivity index (χ4v) is 1.57. The van der Waals surface area contributed by atoms with Gasteiger partial charge in [0, 0.05) is 24.5 Å². The molecule has 5 N–H and O–H groups in total. The number of nitrogens with one attached hydrogen (secondary N) is 3. The predicted octanol–water partition coefficient (Wildman–Crippen LogP) is 0.375. The average molecular weight is 303 g/mol. The molecule has 118 valence electrons. The highest BCUT2D eigenvalue weighted by Crippen LogP contribution is 2.00. The zero-order chi connectivity index (χ0) is 16.4. The maximum atomic E-state index is 11.7. The molecule has 0 aromatic carbocycles. The van der Waals surface area contributed by atoms with Crippen molar-refractivity contribution in [2.24, 2.45) is 10.7 Å². The van der Waals surface area contributed by atoms with Crippen LogP contribution in [0.25, 0.3) is 0 Å². The number of allylic oxidation sites excluding steroid dienone is 2. The van der Waals surface area contributed by atoms with Gasteiger partial charge in [-0.1, -0.05) is 25.6 Å². The molecule has 0 fully saturated rings. The van der Waals surface area contributed by atoms with Crippen LogP contribution in [0.5, 0.6) is 0 Å². The Balaban J connectivity index is 2.42. The SMILES string of the molecule is C=C/C(=C/N=C(N)NC(=O)CNCc1ccc[nH]c1=O)CC. The van der Waals surface area contributed by atoms with Gasteiger partial charge in [-0.05, 0) is 18.1 Å². The summed E-state index contributed by atoms with van der Waals surface area (Å²) < 4.78 is 0. The number of aliphatic imine (C=N–C) groups is 1. The van der Waals surface area contributed by atoms with Crippen molar-refractivity contribution < 1.29 is 4.79 Å². The van der Waals surface area contributed by atoms with Crippen LogP contribution in [0.3, 0.4) is 0 Å². The van der Waals surface area contributed by atoms with Crippen molar-refractivity contribution in [1.82, 2.24) is 15.6 Å². The first kappa shape index (κ1) is 17.4. The number of guanidine groups is 1. The number of pyridine rings is 1. The van der Waals surface area contributed by atoms with Gasteiger partial charge in [-0.2, -0.15) is 0 Å². The van der Waals surface area contributed by atoms with Gasteiger partial charge in [0.1, 0.15) is 0 Å². The summed E-state index contributed by atoms with van der Waals surface area (Å²) >= 11 is 0. The highest BCUT2D eigenvalue weighted by molar-refractivity contribution is 5.97. The van der Waals surface area contributed by atoms with Crippen molar-refractivity contribution in [3.05, 3.63) is 58.7 Å². The third-order valence-electron chi connectivity index (χ3n) is 2.81. The summed E-state index contributed by atoms with van der Waals surface area (Å²) in [5, 5.41) is 5.31. The summed E-state index contributed by atoms with van der Waals surface area (Å²) in [7, 11) is 0. The molecule has 0 saturated heterocycles. The first-order valence-electron chi connectivity index (χ1n) is 6.88. The number of carbonyl (C=O) groups is 1. The number of hydrogen-bond donors (Lipinski definition) is 4. The van der Waals surface area contributed by atoms with Crippen molar-refractivity contribution in [1.29, 1.82) is 0 Å². The summed E-state index contributed by atoms with van der Waals surface area (Å²) in [6, 6.07) is 3.41. The van der Waals surface area contributed by atoms with Gasteiger partial charge in [-0.15, -0.1) is 0 Å². The van der Waals surface area contributed by atoms with Crippen LogP contribution in [-0.2, 0) is 11.3 Å². The molecular formula is C15H21N5O2. The molecular weight excluding hydrogens is 282 g/mol. The minimum absolute atomic E-state index is 0.0113. The van der Waals surface area contributed by atoms with Crippen LogP contribution in [0, 0.1) is 0 Å². The lowest BCUT2D eigenvalue weighted by molar-refractivity contribution is -0.118. The normalized spacial score (nSPS) is 12.0. The molecule has 0 aliphatic carbocycles. The Kier molecular flexibility index (Phi) is 7.35. The Morgan fingerprint density at radius 2 is 2.32 bits per heavy atom. The fraction of sp³-hybridized carbons (Fsp3) is 0.267. The molecule has 0 aliphatic rings. The average Bonchev–Trinajstić information content (AvgIpc) is 2.50. The summed E-state index contributed by atoms with van der Waals surface area (Å²) in [5.41, 5.74) is 6.88. The number of H-pyrrole nitrogens is 1. The van der Waals surface area contributed by atoms with Gasteiger partial charge in [-0.3, -0.25) is 14.9 Å². The van der Waals surface area contributed by atoms with Crippen LogP contribution < -0.4 is 21.9 Å². The second-order valence-corrected chi connectivity index (χ2v) is 4.45. The zero-order valence-corrected chi connectivity index (χ0v) is 12.6.